The fourth-order valence-corrected chi connectivity index (χ4v) is 3.60. The minimum atomic E-state index is 0. The standard InChI is InChI=1S/C18H25N5OS.HI/c1-3-24-16-5-4-15(12-14(16)2)13-21-17(19)22-7-9-23(10-8-22)18-20-6-11-25-18;/h4-6,11-12H,3,7-10,13H2,1-2H3,(H2,19,21);1H. The molecule has 8 heteroatoms. The summed E-state index contributed by atoms with van der Waals surface area (Å²) in [5, 5.41) is 3.09. The molecule has 0 unspecified atom stereocenters. The molecule has 0 radical (unpaired) electrons. The van der Waals surface area contributed by atoms with Gasteiger partial charge in [-0.3, -0.25) is 0 Å². The van der Waals surface area contributed by atoms with Gasteiger partial charge < -0.3 is 20.3 Å². The molecule has 1 aromatic carbocycles. The van der Waals surface area contributed by atoms with E-state index in [2.05, 4.69) is 38.8 Å². The van der Waals surface area contributed by atoms with Crippen LogP contribution in [0.4, 0.5) is 5.13 Å². The molecule has 0 bridgehead atoms. The van der Waals surface area contributed by atoms with E-state index in [-0.39, 0.29) is 24.0 Å². The van der Waals surface area contributed by atoms with Gasteiger partial charge >= 0.3 is 0 Å². The Morgan fingerprint density at radius 1 is 1.31 bits per heavy atom. The van der Waals surface area contributed by atoms with Gasteiger partial charge in [0, 0.05) is 37.8 Å². The number of aryl methyl sites for hydroxylation is 1. The van der Waals surface area contributed by atoms with E-state index in [0.717, 1.165) is 48.2 Å². The number of hydrogen-bond donors (Lipinski definition) is 1. The monoisotopic (exact) mass is 487 g/mol. The van der Waals surface area contributed by atoms with Gasteiger partial charge in [0.25, 0.3) is 0 Å². The summed E-state index contributed by atoms with van der Waals surface area (Å²) in [6.45, 7) is 8.91. The molecular weight excluding hydrogens is 461 g/mol. The third kappa shape index (κ3) is 5.23. The predicted molar refractivity (Wildman–Crippen MR) is 119 cm³/mol. The third-order valence-corrected chi connectivity index (χ3v) is 5.09. The summed E-state index contributed by atoms with van der Waals surface area (Å²) in [7, 11) is 0. The summed E-state index contributed by atoms with van der Waals surface area (Å²) >= 11 is 1.68. The molecule has 1 aliphatic rings. The molecular formula is C18H26IN5OS. The maximum atomic E-state index is 6.20. The number of ether oxygens (including phenoxy) is 1. The van der Waals surface area contributed by atoms with E-state index < -0.39 is 0 Å². The van der Waals surface area contributed by atoms with E-state index in [1.165, 1.54) is 0 Å². The van der Waals surface area contributed by atoms with Crippen molar-refractivity contribution in [3.05, 3.63) is 40.9 Å². The molecule has 0 atom stereocenters. The Morgan fingerprint density at radius 2 is 2.08 bits per heavy atom. The second kappa shape index (κ2) is 9.96. The van der Waals surface area contributed by atoms with Crippen LogP contribution >= 0.6 is 35.3 Å². The Labute approximate surface area is 176 Å². The smallest absolute Gasteiger partial charge is 0.191 e. The highest BCUT2D eigenvalue weighted by molar-refractivity contribution is 14.0. The quantitative estimate of drug-likeness (QED) is 0.399. The Balaban J connectivity index is 0.00000243. The maximum absolute atomic E-state index is 6.20. The van der Waals surface area contributed by atoms with Crippen LogP contribution in [0.25, 0.3) is 0 Å². The molecule has 1 aromatic heterocycles. The molecule has 0 saturated carbocycles. The second-order valence-corrected chi connectivity index (χ2v) is 6.87. The lowest BCUT2D eigenvalue weighted by Crippen LogP contribution is -2.51. The number of hydrogen-bond acceptors (Lipinski definition) is 5. The minimum absolute atomic E-state index is 0. The van der Waals surface area contributed by atoms with Crippen LogP contribution in [0.5, 0.6) is 5.75 Å². The Kier molecular flexibility index (Phi) is 7.95. The fraction of sp³-hybridized carbons (Fsp3) is 0.444. The van der Waals surface area contributed by atoms with Crippen molar-refractivity contribution >= 4 is 46.4 Å². The van der Waals surface area contributed by atoms with Gasteiger partial charge in [-0.05, 0) is 31.0 Å². The van der Waals surface area contributed by atoms with Gasteiger partial charge in [0.05, 0.1) is 13.2 Å². The van der Waals surface area contributed by atoms with Crippen molar-refractivity contribution in [1.82, 2.24) is 9.88 Å². The average molecular weight is 487 g/mol. The van der Waals surface area contributed by atoms with Crippen molar-refractivity contribution in [2.45, 2.75) is 20.4 Å². The van der Waals surface area contributed by atoms with Gasteiger partial charge in [0.2, 0.25) is 0 Å². The number of nitrogens with two attached hydrogens (primary N) is 1. The summed E-state index contributed by atoms with van der Waals surface area (Å²) < 4.78 is 5.58. The van der Waals surface area contributed by atoms with Crippen LogP contribution in [0.15, 0.2) is 34.8 Å². The van der Waals surface area contributed by atoms with E-state index >= 15 is 0 Å². The predicted octanol–water partition coefficient (Wildman–Crippen LogP) is 3.11. The first-order valence-electron chi connectivity index (χ1n) is 8.59. The van der Waals surface area contributed by atoms with Crippen LogP contribution in [-0.4, -0.2) is 48.6 Å². The molecule has 1 fully saturated rings. The topological polar surface area (TPSA) is 67.0 Å². The number of rotatable bonds is 5. The third-order valence-electron chi connectivity index (χ3n) is 4.26. The first-order chi connectivity index (χ1) is 12.2. The molecule has 0 amide bonds. The zero-order chi connectivity index (χ0) is 17.6. The molecule has 1 saturated heterocycles. The SMILES string of the molecule is CCOc1ccc(CN=C(N)N2CCN(c3nccs3)CC2)cc1C.I. The van der Waals surface area contributed by atoms with Crippen molar-refractivity contribution in [2.24, 2.45) is 10.7 Å². The zero-order valence-electron chi connectivity index (χ0n) is 15.2. The molecule has 142 valence electrons. The van der Waals surface area contributed by atoms with Gasteiger partial charge in [-0.15, -0.1) is 35.3 Å². The highest BCUT2D eigenvalue weighted by Crippen LogP contribution is 2.20. The first kappa shape index (κ1) is 20.8. The Hall–Kier alpha value is -1.55. The molecule has 1 aliphatic heterocycles. The van der Waals surface area contributed by atoms with Crippen LogP contribution in [0, 0.1) is 6.92 Å². The molecule has 0 aliphatic carbocycles. The number of halogens is 1. The van der Waals surface area contributed by atoms with Crippen molar-refractivity contribution in [3.63, 3.8) is 0 Å². The number of guanidine groups is 1. The van der Waals surface area contributed by atoms with E-state index in [9.17, 15) is 0 Å². The number of piperazine rings is 1. The zero-order valence-corrected chi connectivity index (χ0v) is 18.4. The molecule has 2 aromatic rings. The number of nitrogens with zero attached hydrogens (tertiary/aromatic N) is 4. The average Bonchev–Trinajstić information content (AvgIpc) is 3.17. The van der Waals surface area contributed by atoms with Gasteiger partial charge in [-0.2, -0.15) is 0 Å². The largest absolute Gasteiger partial charge is 0.494 e. The van der Waals surface area contributed by atoms with Crippen molar-refractivity contribution in [1.29, 1.82) is 0 Å². The van der Waals surface area contributed by atoms with Gasteiger partial charge in [-0.1, -0.05) is 12.1 Å². The lowest BCUT2D eigenvalue weighted by molar-refractivity contribution is 0.338. The highest BCUT2D eigenvalue weighted by Gasteiger charge is 2.19. The summed E-state index contributed by atoms with van der Waals surface area (Å²) in [5.74, 6) is 1.55. The number of aliphatic imine (C=N–C) groups is 1. The number of thiazole rings is 1. The maximum Gasteiger partial charge on any atom is 0.191 e. The summed E-state index contributed by atoms with van der Waals surface area (Å²) in [6.07, 6.45) is 1.85. The number of benzene rings is 1. The van der Waals surface area contributed by atoms with Crippen LogP contribution in [0.3, 0.4) is 0 Å². The molecule has 6 nitrogen and oxygen atoms in total. The molecule has 26 heavy (non-hydrogen) atoms. The summed E-state index contributed by atoms with van der Waals surface area (Å²) in [5.41, 5.74) is 8.47. The van der Waals surface area contributed by atoms with E-state index in [1.54, 1.807) is 11.3 Å². The van der Waals surface area contributed by atoms with Gasteiger partial charge in [-0.25, -0.2) is 9.98 Å². The lowest BCUT2D eigenvalue weighted by Gasteiger charge is -2.35. The van der Waals surface area contributed by atoms with Crippen molar-refractivity contribution in [2.75, 3.05) is 37.7 Å². The number of anilines is 1. The van der Waals surface area contributed by atoms with Crippen LogP contribution in [0.1, 0.15) is 18.1 Å². The summed E-state index contributed by atoms with van der Waals surface area (Å²) in [4.78, 5) is 13.4. The van der Waals surface area contributed by atoms with Crippen LogP contribution in [-0.2, 0) is 6.54 Å². The molecule has 3 rings (SSSR count). The number of aromatic nitrogens is 1. The first-order valence-corrected chi connectivity index (χ1v) is 9.47. The Morgan fingerprint density at radius 3 is 2.69 bits per heavy atom. The van der Waals surface area contributed by atoms with Crippen LogP contribution in [0.2, 0.25) is 0 Å². The van der Waals surface area contributed by atoms with Gasteiger partial charge in [0.15, 0.2) is 11.1 Å². The van der Waals surface area contributed by atoms with E-state index in [4.69, 9.17) is 10.5 Å². The lowest BCUT2D eigenvalue weighted by atomic mass is 10.1. The normalized spacial score (nSPS) is 14.9. The summed E-state index contributed by atoms with van der Waals surface area (Å²) in [6, 6.07) is 6.17. The molecule has 2 heterocycles. The minimum Gasteiger partial charge on any atom is -0.494 e. The van der Waals surface area contributed by atoms with Crippen molar-refractivity contribution < 1.29 is 4.74 Å². The fourth-order valence-electron chi connectivity index (χ4n) is 2.90. The van der Waals surface area contributed by atoms with Gasteiger partial charge in [0.1, 0.15) is 5.75 Å². The van der Waals surface area contributed by atoms with Crippen LogP contribution < -0.4 is 15.4 Å². The van der Waals surface area contributed by atoms with E-state index in [1.807, 2.05) is 24.6 Å². The highest BCUT2D eigenvalue weighted by atomic mass is 127. The van der Waals surface area contributed by atoms with E-state index in [0.29, 0.717) is 19.1 Å². The molecule has 0 spiro atoms. The second-order valence-electron chi connectivity index (χ2n) is 6.00. The molecule has 2 N–H and O–H groups in total. The van der Waals surface area contributed by atoms with Crippen molar-refractivity contribution in [3.8, 4) is 5.75 Å². The Bertz CT molecular complexity index is 714.